The molecule has 2 N–H and O–H groups in total. The number of aromatic nitrogens is 1. The van der Waals surface area contributed by atoms with Gasteiger partial charge in [-0.15, -0.1) is 0 Å². The number of hydrogen-bond acceptors (Lipinski definition) is 3. The largest absolute Gasteiger partial charge is 0.465 e. The number of nitrogens with one attached hydrogen (secondary N) is 1. The topological polar surface area (TPSA) is 75.4 Å². The molecular weight excluding hydrogens is 260 g/mol. The summed E-state index contributed by atoms with van der Waals surface area (Å²) in [5, 5.41) is 16.4. The summed E-state index contributed by atoms with van der Waals surface area (Å²) in [6, 6.07) is 1.86. The van der Waals surface area contributed by atoms with E-state index in [1.54, 1.807) is 0 Å². The summed E-state index contributed by atoms with van der Waals surface area (Å²) in [6.07, 6.45) is 0.388. The maximum atomic E-state index is 10.8. The first-order valence-electron chi connectivity index (χ1n) is 6.64. The quantitative estimate of drug-likeness (QED) is 0.787. The lowest BCUT2D eigenvalue weighted by atomic mass is 10.00. The van der Waals surface area contributed by atoms with Crippen molar-refractivity contribution in [2.45, 2.75) is 52.4 Å². The van der Waals surface area contributed by atoms with Crippen molar-refractivity contribution < 1.29 is 14.4 Å². The smallest absolute Gasteiger partial charge is 0.404 e. The Morgan fingerprint density at radius 2 is 2.11 bits per heavy atom. The molecule has 0 aliphatic rings. The van der Waals surface area contributed by atoms with Crippen LogP contribution in [0.2, 0.25) is 19.6 Å². The fourth-order valence-corrected chi connectivity index (χ4v) is 2.87. The molecule has 0 aromatic carbocycles. The maximum absolute atomic E-state index is 10.8. The predicted octanol–water partition coefficient (Wildman–Crippen LogP) is 2.44. The molecule has 1 aromatic heterocycles. The molecule has 0 bridgehead atoms. The van der Waals surface area contributed by atoms with Crippen LogP contribution in [0.5, 0.6) is 0 Å². The third-order valence-electron chi connectivity index (χ3n) is 2.84. The van der Waals surface area contributed by atoms with Gasteiger partial charge in [0.2, 0.25) is 0 Å². The van der Waals surface area contributed by atoms with Gasteiger partial charge in [-0.25, -0.2) is 4.79 Å². The van der Waals surface area contributed by atoms with Crippen molar-refractivity contribution in [2.24, 2.45) is 5.92 Å². The molecule has 0 saturated carbocycles. The standard InChI is InChI=1S/C13H24N2O3Si/c1-9(2)6-10(14-13(16)17)7-11-8-12(18-15-11)19(3,4)5/h8-10,14H,6-7H2,1-5H3,(H,16,17). The lowest BCUT2D eigenvalue weighted by Crippen LogP contribution is -2.37. The third kappa shape index (κ3) is 5.46. The molecule has 1 amide bonds. The summed E-state index contributed by atoms with van der Waals surface area (Å²) in [7, 11) is -1.49. The minimum absolute atomic E-state index is 0.114. The summed E-state index contributed by atoms with van der Waals surface area (Å²) < 4.78 is 5.38. The zero-order chi connectivity index (χ0) is 14.6. The van der Waals surface area contributed by atoms with E-state index in [1.165, 1.54) is 0 Å². The first-order valence-corrected chi connectivity index (χ1v) is 10.1. The Hall–Kier alpha value is -1.30. The molecule has 0 fully saturated rings. The monoisotopic (exact) mass is 284 g/mol. The molecule has 1 unspecified atom stereocenters. The molecule has 0 spiro atoms. The van der Waals surface area contributed by atoms with Gasteiger partial charge < -0.3 is 14.9 Å². The molecule has 1 atom stereocenters. The van der Waals surface area contributed by atoms with Crippen molar-refractivity contribution in [1.29, 1.82) is 0 Å². The van der Waals surface area contributed by atoms with Gasteiger partial charge in [-0.3, -0.25) is 0 Å². The summed E-state index contributed by atoms with van der Waals surface area (Å²) in [5.41, 5.74) is 0.830. The highest BCUT2D eigenvalue weighted by atomic mass is 28.3. The van der Waals surface area contributed by atoms with Gasteiger partial charge in [0.05, 0.1) is 5.69 Å². The van der Waals surface area contributed by atoms with E-state index >= 15 is 0 Å². The minimum Gasteiger partial charge on any atom is -0.465 e. The highest BCUT2D eigenvalue weighted by Gasteiger charge is 2.23. The maximum Gasteiger partial charge on any atom is 0.404 e. The normalized spacial score (nSPS) is 13.6. The molecule has 19 heavy (non-hydrogen) atoms. The van der Waals surface area contributed by atoms with E-state index in [4.69, 9.17) is 9.63 Å². The average Bonchev–Trinajstić information content (AvgIpc) is 2.62. The molecule has 1 rings (SSSR count). The highest BCUT2D eigenvalue weighted by molar-refractivity contribution is 6.87. The molecule has 108 valence electrons. The van der Waals surface area contributed by atoms with Gasteiger partial charge in [-0.05, 0) is 18.4 Å². The van der Waals surface area contributed by atoms with Crippen molar-refractivity contribution in [3.63, 3.8) is 0 Å². The van der Waals surface area contributed by atoms with E-state index in [2.05, 4.69) is 44.0 Å². The van der Waals surface area contributed by atoms with Gasteiger partial charge in [0.25, 0.3) is 0 Å². The Balaban J connectivity index is 2.73. The Morgan fingerprint density at radius 3 is 2.53 bits per heavy atom. The molecule has 0 radical (unpaired) electrons. The number of hydrogen-bond donors (Lipinski definition) is 2. The van der Waals surface area contributed by atoms with Crippen molar-refractivity contribution in [3.8, 4) is 0 Å². The van der Waals surface area contributed by atoms with Gasteiger partial charge in [-0.2, -0.15) is 0 Å². The zero-order valence-electron chi connectivity index (χ0n) is 12.4. The van der Waals surface area contributed by atoms with Crippen LogP contribution in [0.4, 0.5) is 4.79 Å². The summed E-state index contributed by atoms with van der Waals surface area (Å²) in [6.45, 7) is 10.7. The molecule has 0 aliphatic heterocycles. The highest BCUT2D eigenvalue weighted by Crippen LogP contribution is 2.11. The molecule has 6 heteroatoms. The second-order valence-corrected chi connectivity index (χ2v) is 11.4. The predicted molar refractivity (Wildman–Crippen MR) is 77.6 cm³/mol. The van der Waals surface area contributed by atoms with Crippen LogP contribution in [0.3, 0.4) is 0 Å². The Bertz CT molecular complexity index is 424. The van der Waals surface area contributed by atoms with E-state index in [1.807, 2.05) is 6.07 Å². The third-order valence-corrected chi connectivity index (χ3v) is 4.55. The van der Waals surface area contributed by atoms with Crippen LogP contribution in [0, 0.1) is 5.92 Å². The van der Waals surface area contributed by atoms with Crippen LogP contribution in [-0.2, 0) is 6.42 Å². The summed E-state index contributed by atoms with van der Waals surface area (Å²) >= 11 is 0. The summed E-state index contributed by atoms with van der Waals surface area (Å²) in [4.78, 5) is 10.8. The number of rotatable bonds is 6. The molecule has 0 saturated heterocycles. The Morgan fingerprint density at radius 1 is 1.47 bits per heavy atom. The van der Waals surface area contributed by atoms with Crippen molar-refractivity contribution in [3.05, 3.63) is 11.8 Å². The van der Waals surface area contributed by atoms with Crippen molar-refractivity contribution >= 4 is 19.6 Å². The lowest BCUT2D eigenvalue weighted by Gasteiger charge is -2.17. The van der Waals surface area contributed by atoms with E-state index < -0.39 is 14.2 Å². The second-order valence-electron chi connectivity index (χ2n) is 6.41. The van der Waals surface area contributed by atoms with E-state index in [0.29, 0.717) is 12.3 Å². The number of nitrogens with zero attached hydrogens (tertiary/aromatic N) is 1. The van der Waals surface area contributed by atoms with Gasteiger partial charge in [0.15, 0.2) is 0 Å². The van der Waals surface area contributed by atoms with Crippen molar-refractivity contribution in [2.75, 3.05) is 0 Å². The van der Waals surface area contributed by atoms with Crippen molar-refractivity contribution in [1.82, 2.24) is 10.5 Å². The van der Waals surface area contributed by atoms with Crippen LogP contribution in [0.25, 0.3) is 0 Å². The first-order chi connectivity index (χ1) is 8.68. The van der Waals surface area contributed by atoms with Crippen LogP contribution in [0.15, 0.2) is 10.6 Å². The molecule has 5 nitrogen and oxygen atoms in total. The van der Waals surface area contributed by atoms with Crippen LogP contribution >= 0.6 is 0 Å². The van der Waals surface area contributed by atoms with Crippen LogP contribution < -0.4 is 10.7 Å². The first kappa shape index (κ1) is 15.8. The van der Waals surface area contributed by atoms with Crippen LogP contribution in [0.1, 0.15) is 26.0 Å². The van der Waals surface area contributed by atoms with Gasteiger partial charge in [0, 0.05) is 12.5 Å². The summed E-state index contributed by atoms with van der Waals surface area (Å²) in [5.74, 6) is 0.431. The number of carboxylic acid groups (broad SMARTS) is 1. The fraction of sp³-hybridized carbons (Fsp3) is 0.692. The Kier molecular flexibility index (Phi) is 5.17. The minimum atomic E-state index is -1.49. The average molecular weight is 284 g/mol. The Labute approximate surface area is 115 Å². The van der Waals surface area contributed by atoms with Gasteiger partial charge >= 0.3 is 6.09 Å². The SMILES string of the molecule is CC(C)CC(Cc1cc([Si](C)(C)C)on1)NC(=O)O. The lowest BCUT2D eigenvalue weighted by molar-refractivity contribution is 0.187. The van der Waals surface area contributed by atoms with Gasteiger partial charge in [-0.1, -0.05) is 38.6 Å². The van der Waals surface area contributed by atoms with E-state index in [0.717, 1.165) is 17.5 Å². The molecular formula is C13H24N2O3Si. The molecule has 0 aliphatic carbocycles. The zero-order valence-corrected chi connectivity index (χ0v) is 13.4. The van der Waals surface area contributed by atoms with E-state index in [9.17, 15) is 4.79 Å². The fourth-order valence-electron chi connectivity index (χ4n) is 1.95. The number of amides is 1. The molecule has 1 heterocycles. The number of carbonyl (C=O) groups is 1. The molecule has 1 aromatic rings. The van der Waals surface area contributed by atoms with Gasteiger partial charge in [0.1, 0.15) is 13.5 Å². The second kappa shape index (κ2) is 6.23. The van der Waals surface area contributed by atoms with Crippen LogP contribution in [-0.4, -0.2) is 30.5 Å². The van der Waals surface area contributed by atoms with E-state index in [-0.39, 0.29) is 6.04 Å².